The van der Waals surface area contributed by atoms with Crippen LogP contribution < -0.4 is 10.6 Å². The number of nitro benzene ring substituents is 1. The van der Waals surface area contributed by atoms with E-state index >= 15 is 0 Å². The molecule has 27 heavy (non-hydrogen) atoms. The highest BCUT2D eigenvalue weighted by molar-refractivity contribution is 5.81. The number of para-hydroxylation sites is 2. The summed E-state index contributed by atoms with van der Waals surface area (Å²) >= 11 is 0. The van der Waals surface area contributed by atoms with E-state index in [0.717, 1.165) is 25.9 Å². The predicted molar refractivity (Wildman–Crippen MR) is 106 cm³/mol. The lowest BCUT2D eigenvalue weighted by atomic mass is 9.79. The van der Waals surface area contributed by atoms with Crippen molar-refractivity contribution < 1.29 is 9.72 Å². The Balaban J connectivity index is 1.56. The molecule has 1 heterocycles. The maximum absolute atomic E-state index is 12.4. The molecule has 1 aliphatic carbocycles. The fourth-order valence-electron chi connectivity index (χ4n) is 4.47. The Morgan fingerprint density at radius 3 is 2.44 bits per heavy atom. The zero-order valence-corrected chi connectivity index (χ0v) is 15.9. The summed E-state index contributed by atoms with van der Waals surface area (Å²) in [5, 5.41) is 17.1. The molecule has 7 nitrogen and oxygen atoms in total. The third-order valence-electron chi connectivity index (χ3n) is 5.97. The van der Waals surface area contributed by atoms with Crippen molar-refractivity contribution in [3.8, 4) is 0 Å². The molecule has 3 rings (SSSR count). The lowest BCUT2D eigenvalue weighted by Crippen LogP contribution is -2.58. The topological polar surface area (TPSA) is 87.5 Å². The largest absolute Gasteiger partial charge is 0.371 e. The Bertz CT molecular complexity index is 652. The SMILES string of the molecule is O=C(CNc1ccccc1[N+](=O)[O-])NCC1(N2CCCCC2)CCCCC1. The van der Waals surface area contributed by atoms with Gasteiger partial charge in [0.15, 0.2) is 0 Å². The van der Waals surface area contributed by atoms with Crippen LogP contribution in [0.3, 0.4) is 0 Å². The van der Waals surface area contributed by atoms with Crippen LogP contribution in [0, 0.1) is 10.1 Å². The van der Waals surface area contributed by atoms with E-state index < -0.39 is 4.92 Å². The first-order chi connectivity index (χ1) is 13.1. The Morgan fingerprint density at radius 1 is 1.07 bits per heavy atom. The zero-order valence-electron chi connectivity index (χ0n) is 15.9. The summed E-state index contributed by atoms with van der Waals surface area (Å²) in [6.07, 6.45) is 9.81. The molecule has 2 fully saturated rings. The predicted octanol–water partition coefficient (Wildman–Crippen LogP) is 3.31. The minimum atomic E-state index is -0.437. The number of nitrogens with one attached hydrogen (secondary N) is 2. The number of amides is 1. The van der Waals surface area contributed by atoms with Gasteiger partial charge in [0.05, 0.1) is 11.5 Å². The van der Waals surface area contributed by atoms with E-state index in [4.69, 9.17) is 0 Å². The van der Waals surface area contributed by atoms with Crippen molar-refractivity contribution in [3.05, 3.63) is 34.4 Å². The van der Waals surface area contributed by atoms with Gasteiger partial charge in [0, 0.05) is 18.2 Å². The number of hydrogen-bond donors (Lipinski definition) is 2. The number of benzene rings is 1. The van der Waals surface area contributed by atoms with Gasteiger partial charge in [-0.25, -0.2) is 0 Å². The third-order valence-corrected chi connectivity index (χ3v) is 5.97. The van der Waals surface area contributed by atoms with Crippen LogP contribution in [-0.2, 0) is 4.79 Å². The number of hydrogen-bond acceptors (Lipinski definition) is 5. The number of nitro groups is 1. The van der Waals surface area contributed by atoms with Crippen LogP contribution in [0.5, 0.6) is 0 Å². The molecule has 0 atom stereocenters. The van der Waals surface area contributed by atoms with Crippen LogP contribution in [0.25, 0.3) is 0 Å². The molecule has 2 N–H and O–H groups in total. The smallest absolute Gasteiger partial charge is 0.292 e. The molecule has 2 aliphatic rings. The molecule has 1 aromatic carbocycles. The van der Waals surface area contributed by atoms with Gasteiger partial charge in [0.1, 0.15) is 5.69 Å². The molecular formula is C20H30N4O3. The van der Waals surface area contributed by atoms with Crippen LogP contribution >= 0.6 is 0 Å². The molecule has 1 saturated heterocycles. The lowest BCUT2D eigenvalue weighted by Gasteiger charge is -2.48. The Morgan fingerprint density at radius 2 is 1.74 bits per heavy atom. The van der Waals surface area contributed by atoms with Crippen molar-refractivity contribution in [2.75, 3.05) is 31.5 Å². The maximum atomic E-state index is 12.4. The highest BCUT2D eigenvalue weighted by atomic mass is 16.6. The van der Waals surface area contributed by atoms with Gasteiger partial charge in [-0.1, -0.05) is 37.8 Å². The summed E-state index contributed by atoms with van der Waals surface area (Å²) in [6, 6.07) is 6.41. The summed E-state index contributed by atoms with van der Waals surface area (Å²) < 4.78 is 0. The number of piperidine rings is 1. The first kappa shape index (κ1) is 19.6. The van der Waals surface area contributed by atoms with E-state index in [-0.39, 0.29) is 23.7 Å². The van der Waals surface area contributed by atoms with Gasteiger partial charge < -0.3 is 10.6 Å². The molecule has 148 valence electrons. The molecule has 7 heteroatoms. The standard InChI is InChI=1S/C20H30N4O3/c25-19(15-21-17-9-3-4-10-18(17)24(26)27)22-16-20(11-5-1-6-12-20)23-13-7-2-8-14-23/h3-4,9-10,21H,1-2,5-8,11-16H2,(H,22,25). The van der Waals surface area contributed by atoms with Gasteiger partial charge in [-0.2, -0.15) is 0 Å². The van der Waals surface area contributed by atoms with Gasteiger partial charge >= 0.3 is 0 Å². The number of carbonyl (C=O) groups is 1. The molecule has 1 aromatic rings. The van der Waals surface area contributed by atoms with Crippen molar-refractivity contribution in [3.63, 3.8) is 0 Å². The monoisotopic (exact) mass is 374 g/mol. The van der Waals surface area contributed by atoms with E-state index in [0.29, 0.717) is 12.2 Å². The number of likely N-dealkylation sites (tertiary alicyclic amines) is 1. The molecular weight excluding hydrogens is 344 g/mol. The first-order valence-electron chi connectivity index (χ1n) is 10.1. The van der Waals surface area contributed by atoms with Crippen LogP contribution in [-0.4, -0.2) is 47.4 Å². The minimum Gasteiger partial charge on any atom is -0.371 e. The van der Waals surface area contributed by atoms with Gasteiger partial charge in [0.25, 0.3) is 5.69 Å². The molecule has 0 unspecified atom stereocenters. The fourth-order valence-corrected chi connectivity index (χ4v) is 4.47. The summed E-state index contributed by atoms with van der Waals surface area (Å²) in [4.78, 5) is 25.6. The number of anilines is 1. The Kier molecular flexibility index (Phi) is 6.66. The third kappa shape index (κ3) is 4.97. The average molecular weight is 374 g/mol. The van der Waals surface area contributed by atoms with Gasteiger partial charge in [-0.05, 0) is 44.8 Å². The van der Waals surface area contributed by atoms with E-state index in [1.165, 1.54) is 44.6 Å². The zero-order chi connectivity index (χ0) is 19.1. The lowest BCUT2D eigenvalue weighted by molar-refractivity contribution is -0.383. The highest BCUT2D eigenvalue weighted by Gasteiger charge is 2.38. The van der Waals surface area contributed by atoms with Crippen LogP contribution in [0.2, 0.25) is 0 Å². The van der Waals surface area contributed by atoms with Gasteiger partial charge in [-0.15, -0.1) is 0 Å². The Labute approximate surface area is 160 Å². The van der Waals surface area contributed by atoms with Gasteiger partial charge in [0.2, 0.25) is 5.91 Å². The minimum absolute atomic E-state index is 0.0117. The average Bonchev–Trinajstić information content (AvgIpc) is 2.72. The molecule has 0 radical (unpaired) electrons. The summed E-state index contributed by atoms with van der Waals surface area (Å²) in [5.41, 5.74) is 0.455. The van der Waals surface area contributed by atoms with Crippen LogP contribution in [0.4, 0.5) is 11.4 Å². The number of carbonyl (C=O) groups excluding carboxylic acids is 1. The van der Waals surface area contributed by atoms with E-state index in [1.807, 2.05) is 0 Å². The molecule has 1 aliphatic heterocycles. The van der Waals surface area contributed by atoms with E-state index in [9.17, 15) is 14.9 Å². The quantitative estimate of drug-likeness (QED) is 0.565. The molecule has 0 bridgehead atoms. The maximum Gasteiger partial charge on any atom is 0.292 e. The van der Waals surface area contributed by atoms with E-state index in [2.05, 4.69) is 15.5 Å². The van der Waals surface area contributed by atoms with E-state index in [1.54, 1.807) is 18.2 Å². The molecule has 0 spiro atoms. The van der Waals surface area contributed by atoms with Crippen molar-refractivity contribution in [2.45, 2.75) is 56.9 Å². The van der Waals surface area contributed by atoms with Crippen molar-refractivity contribution in [1.29, 1.82) is 0 Å². The van der Waals surface area contributed by atoms with Crippen LogP contribution in [0.15, 0.2) is 24.3 Å². The second kappa shape index (κ2) is 9.17. The molecule has 1 amide bonds. The summed E-state index contributed by atoms with van der Waals surface area (Å²) in [5.74, 6) is -0.116. The fraction of sp³-hybridized carbons (Fsp3) is 0.650. The number of nitrogens with zero attached hydrogens (tertiary/aromatic N) is 2. The van der Waals surface area contributed by atoms with Crippen molar-refractivity contribution in [2.24, 2.45) is 0 Å². The summed E-state index contributed by atoms with van der Waals surface area (Å²) in [7, 11) is 0. The Hall–Kier alpha value is -2.15. The van der Waals surface area contributed by atoms with Crippen LogP contribution in [0.1, 0.15) is 51.4 Å². The van der Waals surface area contributed by atoms with Crippen molar-refractivity contribution >= 4 is 17.3 Å². The van der Waals surface area contributed by atoms with Crippen molar-refractivity contribution in [1.82, 2.24) is 10.2 Å². The normalized spacial score (nSPS) is 20.0. The molecule has 0 aromatic heterocycles. The molecule has 1 saturated carbocycles. The number of rotatable bonds is 7. The first-order valence-corrected chi connectivity index (χ1v) is 10.1. The highest BCUT2D eigenvalue weighted by Crippen LogP contribution is 2.35. The second-order valence-electron chi connectivity index (χ2n) is 7.74. The second-order valence-corrected chi connectivity index (χ2v) is 7.74. The summed E-state index contributed by atoms with van der Waals surface area (Å²) in [6.45, 7) is 2.97. The van der Waals surface area contributed by atoms with Gasteiger partial charge in [-0.3, -0.25) is 19.8 Å².